The molecule has 0 aliphatic carbocycles. The zero-order valence-electron chi connectivity index (χ0n) is 5.89. The molecule has 0 bridgehead atoms. The molecule has 12 heavy (non-hydrogen) atoms. The largest absolute Gasteiger partial charge is 0.243 e. The molecule has 0 aromatic carbocycles. The van der Waals surface area contributed by atoms with E-state index in [1.165, 1.54) is 11.3 Å². The van der Waals surface area contributed by atoms with Crippen molar-refractivity contribution in [3.05, 3.63) is 17.6 Å². The van der Waals surface area contributed by atoms with Crippen molar-refractivity contribution in [3.8, 4) is 5.40 Å². The first-order chi connectivity index (χ1) is 5.90. The predicted molar refractivity (Wildman–Crippen MR) is 48.9 cm³/mol. The molecular formula is C7H3N3S2. The molecule has 0 unspecified atom stereocenters. The summed E-state index contributed by atoms with van der Waals surface area (Å²) in [5.74, 6) is 0. The van der Waals surface area contributed by atoms with Gasteiger partial charge in [-0.2, -0.15) is 5.26 Å². The molecule has 0 aliphatic heterocycles. The molecule has 0 aliphatic rings. The van der Waals surface area contributed by atoms with E-state index < -0.39 is 0 Å². The van der Waals surface area contributed by atoms with E-state index in [1.807, 2.05) is 11.5 Å². The molecular weight excluding hydrogens is 190 g/mol. The maximum absolute atomic E-state index is 8.40. The second kappa shape index (κ2) is 3.09. The van der Waals surface area contributed by atoms with E-state index in [0.717, 1.165) is 27.1 Å². The van der Waals surface area contributed by atoms with Crippen molar-refractivity contribution in [2.75, 3.05) is 0 Å². The van der Waals surface area contributed by atoms with Gasteiger partial charge in [0.25, 0.3) is 0 Å². The van der Waals surface area contributed by atoms with E-state index >= 15 is 0 Å². The molecule has 0 amide bonds. The molecule has 0 N–H and O–H groups in total. The molecule has 2 aromatic heterocycles. The van der Waals surface area contributed by atoms with Gasteiger partial charge < -0.3 is 0 Å². The topological polar surface area (TPSA) is 49.6 Å². The monoisotopic (exact) mass is 193 g/mol. The van der Waals surface area contributed by atoms with E-state index in [1.54, 1.807) is 11.6 Å². The SMILES string of the molecule is N#CSc1ccc2ncsc2n1. The van der Waals surface area contributed by atoms with Crippen LogP contribution in [0.1, 0.15) is 0 Å². The minimum Gasteiger partial charge on any atom is -0.243 e. The number of hydrogen-bond donors (Lipinski definition) is 0. The summed E-state index contributed by atoms with van der Waals surface area (Å²) in [6, 6.07) is 3.68. The zero-order chi connectivity index (χ0) is 8.39. The Bertz CT molecular complexity index is 443. The van der Waals surface area contributed by atoms with Crippen molar-refractivity contribution in [3.63, 3.8) is 0 Å². The predicted octanol–water partition coefficient (Wildman–Crippen LogP) is 2.26. The van der Waals surface area contributed by atoms with Crippen LogP contribution in [0.3, 0.4) is 0 Å². The molecule has 3 nitrogen and oxygen atoms in total. The molecule has 2 aromatic rings. The molecule has 0 fully saturated rings. The third-order valence-corrected chi connectivity index (χ3v) is 2.58. The van der Waals surface area contributed by atoms with Crippen LogP contribution in [0.15, 0.2) is 22.7 Å². The average molecular weight is 193 g/mol. The Hall–Kier alpha value is -1.12. The Morgan fingerprint density at radius 3 is 3.25 bits per heavy atom. The van der Waals surface area contributed by atoms with Crippen LogP contribution in [0, 0.1) is 10.7 Å². The lowest BCUT2D eigenvalue weighted by Gasteiger charge is -1.90. The molecule has 0 spiro atoms. The Kier molecular flexibility index (Phi) is 1.94. The highest BCUT2D eigenvalue weighted by atomic mass is 32.2. The molecule has 2 rings (SSSR count). The third-order valence-electron chi connectivity index (χ3n) is 1.32. The highest BCUT2D eigenvalue weighted by molar-refractivity contribution is 8.03. The highest BCUT2D eigenvalue weighted by Crippen LogP contribution is 2.20. The smallest absolute Gasteiger partial charge is 0.144 e. The Balaban J connectivity index is 2.54. The van der Waals surface area contributed by atoms with E-state index in [0.29, 0.717) is 0 Å². The molecule has 58 valence electrons. The van der Waals surface area contributed by atoms with Crippen molar-refractivity contribution in [1.82, 2.24) is 9.97 Å². The van der Waals surface area contributed by atoms with Gasteiger partial charge in [0.15, 0.2) is 0 Å². The number of hydrogen-bond acceptors (Lipinski definition) is 5. The first-order valence-electron chi connectivity index (χ1n) is 3.16. The number of aromatic nitrogens is 2. The summed E-state index contributed by atoms with van der Waals surface area (Å²) < 4.78 is 0. The lowest BCUT2D eigenvalue weighted by molar-refractivity contribution is 1.20. The van der Waals surface area contributed by atoms with Gasteiger partial charge in [-0.05, 0) is 12.1 Å². The summed E-state index contributed by atoms with van der Waals surface area (Å²) in [6.07, 6.45) is 0. The first-order valence-corrected chi connectivity index (χ1v) is 4.86. The first kappa shape index (κ1) is 7.53. The molecule has 5 heteroatoms. The van der Waals surface area contributed by atoms with Gasteiger partial charge >= 0.3 is 0 Å². The fourth-order valence-electron chi connectivity index (χ4n) is 0.838. The fraction of sp³-hybridized carbons (Fsp3) is 0. The van der Waals surface area contributed by atoms with E-state index in [-0.39, 0.29) is 0 Å². The van der Waals surface area contributed by atoms with Gasteiger partial charge in [-0.15, -0.1) is 11.3 Å². The summed E-state index contributed by atoms with van der Waals surface area (Å²) in [7, 11) is 0. The van der Waals surface area contributed by atoms with Crippen LogP contribution >= 0.6 is 23.1 Å². The van der Waals surface area contributed by atoms with Crippen LogP contribution < -0.4 is 0 Å². The van der Waals surface area contributed by atoms with Crippen molar-refractivity contribution in [1.29, 1.82) is 5.26 Å². The lowest BCUT2D eigenvalue weighted by atomic mass is 10.5. The van der Waals surface area contributed by atoms with Gasteiger partial charge in [-0.3, -0.25) is 0 Å². The maximum atomic E-state index is 8.40. The Labute approximate surface area is 77.1 Å². The summed E-state index contributed by atoms with van der Waals surface area (Å²) in [6.45, 7) is 0. The molecule has 2 heterocycles. The number of nitriles is 1. The number of thiocyanates is 1. The van der Waals surface area contributed by atoms with Gasteiger partial charge in [-0.1, -0.05) is 0 Å². The van der Waals surface area contributed by atoms with Crippen LogP contribution in [0.2, 0.25) is 0 Å². The normalized spacial score (nSPS) is 9.92. The van der Waals surface area contributed by atoms with Crippen molar-refractivity contribution in [2.24, 2.45) is 0 Å². The average Bonchev–Trinajstić information content (AvgIpc) is 2.51. The van der Waals surface area contributed by atoms with Crippen LogP contribution in [-0.4, -0.2) is 9.97 Å². The number of thiazole rings is 1. The summed E-state index contributed by atoms with van der Waals surface area (Å²) >= 11 is 2.55. The van der Waals surface area contributed by atoms with Crippen LogP contribution in [0.5, 0.6) is 0 Å². The van der Waals surface area contributed by atoms with Gasteiger partial charge in [0.2, 0.25) is 0 Å². The van der Waals surface area contributed by atoms with E-state index in [4.69, 9.17) is 5.26 Å². The number of nitrogens with zero attached hydrogens (tertiary/aromatic N) is 3. The number of fused-ring (bicyclic) bond motifs is 1. The minimum absolute atomic E-state index is 0.731. The fourth-order valence-corrected chi connectivity index (χ4v) is 1.92. The number of rotatable bonds is 1. The third kappa shape index (κ3) is 1.26. The minimum atomic E-state index is 0.731. The number of pyridine rings is 1. The summed E-state index contributed by atoms with van der Waals surface area (Å²) in [5.41, 5.74) is 2.64. The highest BCUT2D eigenvalue weighted by Gasteiger charge is 1.99. The van der Waals surface area contributed by atoms with E-state index in [9.17, 15) is 0 Å². The van der Waals surface area contributed by atoms with Crippen molar-refractivity contribution < 1.29 is 0 Å². The van der Waals surface area contributed by atoms with Crippen molar-refractivity contribution in [2.45, 2.75) is 5.03 Å². The van der Waals surface area contributed by atoms with E-state index in [2.05, 4.69) is 9.97 Å². The quantitative estimate of drug-likeness (QED) is 0.515. The molecule has 0 radical (unpaired) electrons. The molecule has 0 saturated heterocycles. The number of thioether (sulfide) groups is 1. The van der Waals surface area contributed by atoms with Gasteiger partial charge in [-0.25, -0.2) is 9.97 Å². The Morgan fingerprint density at radius 1 is 1.50 bits per heavy atom. The standard InChI is InChI=1S/C7H3N3S2/c8-3-11-6-2-1-5-7(10-6)12-4-9-5/h1-2,4H. The van der Waals surface area contributed by atoms with Crippen LogP contribution in [-0.2, 0) is 0 Å². The van der Waals surface area contributed by atoms with Gasteiger partial charge in [0.05, 0.1) is 5.51 Å². The molecule has 0 atom stereocenters. The molecule has 0 saturated carbocycles. The lowest BCUT2D eigenvalue weighted by Crippen LogP contribution is -1.76. The van der Waals surface area contributed by atoms with Gasteiger partial charge in [0, 0.05) is 11.8 Å². The zero-order valence-corrected chi connectivity index (χ0v) is 7.52. The van der Waals surface area contributed by atoms with Gasteiger partial charge in [0.1, 0.15) is 20.8 Å². The van der Waals surface area contributed by atoms with Crippen LogP contribution in [0.4, 0.5) is 0 Å². The summed E-state index contributed by atoms with van der Waals surface area (Å²) in [4.78, 5) is 9.19. The maximum Gasteiger partial charge on any atom is 0.144 e. The van der Waals surface area contributed by atoms with Crippen molar-refractivity contribution >= 4 is 33.4 Å². The van der Waals surface area contributed by atoms with Crippen LogP contribution in [0.25, 0.3) is 10.3 Å². The second-order valence-corrected chi connectivity index (χ2v) is 3.66. The Morgan fingerprint density at radius 2 is 2.42 bits per heavy atom. The summed E-state index contributed by atoms with van der Waals surface area (Å²) in [5, 5.41) is 11.1. The second-order valence-electron chi connectivity index (χ2n) is 2.02.